The van der Waals surface area contributed by atoms with Gasteiger partial charge in [0.1, 0.15) is 0 Å². The van der Waals surface area contributed by atoms with E-state index >= 15 is 0 Å². The number of aromatic nitrogens is 2. The molecule has 0 radical (unpaired) electrons. The molecule has 2 aromatic rings. The number of aromatic amines is 1. The highest BCUT2D eigenvalue weighted by atomic mass is 16.1. The van der Waals surface area contributed by atoms with Crippen molar-refractivity contribution in [3.8, 4) is 11.3 Å². The van der Waals surface area contributed by atoms with Gasteiger partial charge in [-0.1, -0.05) is 0 Å². The second-order valence-corrected chi connectivity index (χ2v) is 3.52. The van der Waals surface area contributed by atoms with Crippen LogP contribution in [0.1, 0.15) is 16.1 Å². The SMILES string of the molecule is NCCc1[nH]c(-c2cccnc2)cc1C=O. The fraction of sp³-hybridized carbons (Fsp3) is 0.167. The van der Waals surface area contributed by atoms with Gasteiger partial charge in [0.2, 0.25) is 0 Å². The molecule has 82 valence electrons. The summed E-state index contributed by atoms with van der Waals surface area (Å²) in [4.78, 5) is 18.1. The van der Waals surface area contributed by atoms with Gasteiger partial charge in [0.05, 0.1) is 0 Å². The molecule has 0 saturated carbocycles. The Labute approximate surface area is 93.5 Å². The van der Waals surface area contributed by atoms with Crippen LogP contribution in [0.4, 0.5) is 0 Å². The summed E-state index contributed by atoms with van der Waals surface area (Å²) >= 11 is 0. The predicted octanol–water partition coefficient (Wildman–Crippen LogP) is 1.39. The lowest BCUT2D eigenvalue weighted by Crippen LogP contribution is -2.04. The Kier molecular flexibility index (Phi) is 3.12. The Morgan fingerprint density at radius 1 is 1.50 bits per heavy atom. The molecule has 2 heterocycles. The fourth-order valence-electron chi connectivity index (χ4n) is 1.65. The van der Waals surface area contributed by atoms with E-state index in [0.717, 1.165) is 23.2 Å². The van der Waals surface area contributed by atoms with Crippen molar-refractivity contribution in [2.24, 2.45) is 5.73 Å². The van der Waals surface area contributed by atoms with Crippen LogP contribution in [0.5, 0.6) is 0 Å². The average molecular weight is 215 g/mol. The van der Waals surface area contributed by atoms with E-state index in [1.54, 1.807) is 12.4 Å². The average Bonchev–Trinajstić information content (AvgIpc) is 2.74. The van der Waals surface area contributed by atoms with E-state index in [2.05, 4.69) is 9.97 Å². The number of hydrogen-bond donors (Lipinski definition) is 2. The molecule has 3 N–H and O–H groups in total. The molecule has 0 aliphatic carbocycles. The Morgan fingerprint density at radius 2 is 2.38 bits per heavy atom. The Hall–Kier alpha value is -1.94. The lowest BCUT2D eigenvalue weighted by atomic mass is 10.2. The molecule has 0 fully saturated rings. The van der Waals surface area contributed by atoms with E-state index in [-0.39, 0.29) is 0 Å². The van der Waals surface area contributed by atoms with Crippen molar-refractivity contribution in [2.75, 3.05) is 6.54 Å². The van der Waals surface area contributed by atoms with Crippen molar-refractivity contribution in [2.45, 2.75) is 6.42 Å². The van der Waals surface area contributed by atoms with E-state index in [9.17, 15) is 4.79 Å². The zero-order valence-corrected chi connectivity index (χ0v) is 8.81. The molecule has 0 amide bonds. The fourth-order valence-corrected chi connectivity index (χ4v) is 1.65. The molecule has 0 aromatic carbocycles. The molecule has 4 nitrogen and oxygen atoms in total. The summed E-state index contributed by atoms with van der Waals surface area (Å²) in [5.74, 6) is 0. The minimum absolute atomic E-state index is 0.522. The lowest BCUT2D eigenvalue weighted by molar-refractivity contribution is 0.112. The third-order valence-electron chi connectivity index (χ3n) is 2.43. The van der Waals surface area contributed by atoms with Crippen molar-refractivity contribution >= 4 is 6.29 Å². The molecule has 0 spiro atoms. The van der Waals surface area contributed by atoms with Crippen LogP contribution in [0.15, 0.2) is 30.6 Å². The molecule has 0 atom stereocenters. The molecule has 0 bridgehead atoms. The predicted molar refractivity (Wildman–Crippen MR) is 62.2 cm³/mol. The van der Waals surface area contributed by atoms with Gasteiger partial charge in [-0.25, -0.2) is 0 Å². The van der Waals surface area contributed by atoms with Gasteiger partial charge in [-0.15, -0.1) is 0 Å². The summed E-state index contributed by atoms with van der Waals surface area (Å²) in [7, 11) is 0. The first kappa shape index (κ1) is 10.6. The third kappa shape index (κ3) is 2.01. The number of nitrogens with one attached hydrogen (secondary N) is 1. The number of rotatable bonds is 4. The number of nitrogens with zero attached hydrogens (tertiary/aromatic N) is 1. The zero-order chi connectivity index (χ0) is 11.4. The van der Waals surface area contributed by atoms with Gasteiger partial charge in [0.15, 0.2) is 6.29 Å². The Morgan fingerprint density at radius 3 is 3.00 bits per heavy atom. The maximum Gasteiger partial charge on any atom is 0.151 e. The summed E-state index contributed by atoms with van der Waals surface area (Å²) in [6.45, 7) is 0.522. The monoisotopic (exact) mass is 215 g/mol. The van der Waals surface area contributed by atoms with E-state index in [1.807, 2.05) is 18.2 Å². The Balaban J connectivity index is 2.40. The van der Waals surface area contributed by atoms with Crippen LogP contribution in [0, 0.1) is 0 Å². The topological polar surface area (TPSA) is 71.8 Å². The molecule has 16 heavy (non-hydrogen) atoms. The number of hydrogen-bond acceptors (Lipinski definition) is 3. The van der Waals surface area contributed by atoms with Crippen LogP contribution in [0.3, 0.4) is 0 Å². The van der Waals surface area contributed by atoms with Crippen LogP contribution in [-0.4, -0.2) is 22.8 Å². The number of nitrogens with two attached hydrogens (primary N) is 1. The standard InChI is InChI=1S/C12H13N3O/c13-4-3-11-10(8-16)6-12(15-11)9-2-1-5-14-7-9/h1-2,5-8,15H,3-4,13H2. The maximum absolute atomic E-state index is 10.9. The quantitative estimate of drug-likeness (QED) is 0.757. The highest BCUT2D eigenvalue weighted by molar-refractivity contribution is 5.80. The van der Waals surface area contributed by atoms with Crippen LogP contribution >= 0.6 is 0 Å². The minimum atomic E-state index is 0.522. The van der Waals surface area contributed by atoms with Crippen LogP contribution in [0.2, 0.25) is 0 Å². The van der Waals surface area contributed by atoms with Gasteiger partial charge in [0.25, 0.3) is 0 Å². The minimum Gasteiger partial charge on any atom is -0.358 e. The molecular formula is C12H13N3O. The lowest BCUT2D eigenvalue weighted by Gasteiger charge is -1.96. The molecule has 0 aliphatic heterocycles. The number of carbonyl (C=O) groups is 1. The zero-order valence-electron chi connectivity index (χ0n) is 8.81. The van der Waals surface area contributed by atoms with Crippen molar-refractivity contribution in [3.63, 3.8) is 0 Å². The highest BCUT2D eigenvalue weighted by Crippen LogP contribution is 2.20. The van der Waals surface area contributed by atoms with Gasteiger partial charge in [0, 0.05) is 41.3 Å². The normalized spacial score (nSPS) is 10.3. The first-order chi connectivity index (χ1) is 7.85. The van der Waals surface area contributed by atoms with Crippen molar-refractivity contribution in [1.82, 2.24) is 9.97 Å². The molecule has 2 rings (SSSR count). The molecule has 0 aliphatic rings. The van der Waals surface area contributed by atoms with Gasteiger partial charge < -0.3 is 10.7 Å². The maximum atomic E-state index is 10.9. The second kappa shape index (κ2) is 4.72. The van der Waals surface area contributed by atoms with Gasteiger partial charge >= 0.3 is 0 Å². The first-order valence-electron chi connectivity index (χ1n) is 5.12. The van der Waals surface area contributed by atoms with Crippen LogP contribution in [-0.2, 0) is 6.42 Å². The summed E-state index contributed by atoms with van der Waals surface area (Å²) in [6.07, 6.45) is 5.00. The number of aldehydes is 1. The van der Waals surface area contributed by atoms with Crippen LogP contribution in [0.25, 0.3) is 11.3 Å². The van der Waals surface area contributed by atoms with E-state index in [1.165, 1.54) is 0 Å². The number of H-pyrrole nitrogens is 1. The first-order valence-corrected chi connectivity index (χ1v) is 5.12. The highest BCUT2D eigenvalue weighted by Gasteiger charge is 2.07. The second-order valence-electron chi connectivity index (χ2n) is 3.52. The van der Waals surface area contributed by atoms with Crippen molar-refractivity contribution in [3.05, 3.63) is 41.9 Å². The summed E-state index contributed by atoms with van der Waals surface area (Å²) in [5, 5.41) is 0. The van der Waals surface area contributed by atoms with Crippen LogP contribution < -0.4 is 5.73 Å². The number of pyridine rings is 1. The molecule has 2 aromatic heterocycles. The van der Waals surface area contributed by atoms with E-state index in [0.29, 0.717) is 18.5 Å². The van der Waals surface area contributed by atoms with Gasteiger partial charge in [-0.3, -0.25) is 9.78 Å². The van der Waals surface area contributed by atoms with Crippen molar-refractivity contribution < 1.29 is 4.79 Å². The van der Waals surface area contributed by atoms with E-state index in [4.69, 9.17) is 5.73 Å². The van der Waals surface area contributed by atoms with E-state index < -0.39 is 0 Å². The molecule has 0 saturated heterocycles. The summed E-state index contributed by atoms with van der Waals surface area (Å²) < 4.78 is 0. The third-order valence-corrected chi connectivity index (χ3v) is 2.43. The molecule has 4 heteroatoms. The summed E-state index contributed by atoms with van der Waals surface area (Å²) in [6, 6.07) is 5.63. The largest absolute Gasteiger partial charge is 0.358 e. The van der Waals surface area contributed by atoms with Gasteiger partial charge in [-0.2, -0.15) is 0 Å². The molecular weight excluding hydrogens is 202 g/mol. The van der Waals surface area contributed by atoms with Crippen molar-refractivity contribution in [1.29, 1.82) is 0 Å². The number of carbonyl (C=O) groups excluding carboxylic acids is 1. The molecule has 0 unspecified atom stereocenters. The Bertz CT molecular complexity index is 476. The summed E-state index contributed by atoms with van der Waals surface area (Å²) in [5.41, 5.74) is 8.91. The smallest absolute Gasteiger partial charge is 0.151 e. The van der Waals surface area contributed by atoms with Gasteiger partial charge in [-0.05, 0) is 24.7 Å².